The van der Waals surface area contributed by atoms with Crippen LogP contribution in [0.3, 0.4) is 0 Å². The number of carbonyl (C=O) groups is 2. The molecule has 0 atom stereocenters. The Kier molecular flexibility index (Phi) is 5.04. The number of carbonyl (C=O) groups excluding carboxylic acids is 2. The highest BCUT2D eigenvalue weighted by molar-refractivity contribution is 8.18. The van der Waals surface area contributed by atoms with Gasteiger partial charge in [0.2, 0.25) is 0 Å². The molecule has 3 rings (SSSR count). The molecule has 2 aromatic rings. The summed E-state index contributed by atoms with van der Waals surface area (Å²) >= 11 is 0.860. The Balaban J connectivity index is 1.61. The van der Waals surface area contributed by atoms with E-state index in [2.05, 4.69) is 0 Å². The number of ether oxygens (including phenoxy) is 1. The van der Waals surface area contributed by atoms with Gasteiger partial charge in [-0.2, -0.15) is 0 Å². The van der Waals surface area contributed by atoms with Gasteiger partial charge in [0.05, 0.1) is 11.4 Å². The second kappa shape index (κ2) is 7.40. The Morgan fingerprint density at radius 1 is 1.08 bits per heavy atom. The van der Waals surface area contributed by atoms with Crippen LogP contribution >= 0.6 is 11.8 Å². The summed E-state index contributed by atoms with van der Waals surface area (Å²) in [5, 5.41) is 8.91. The van der Waals surface area contributed by atoms with Crippen LogP contribution in [0.1, 0.15) is 5.56 Å². The summed E-state index contributed by atoms with van der Waals surface area (Å²) in [7, 11) is 0. The minimum atomic E-state index is -0.384. The third-order valence-electron chi connectivity index (χ3n) is 3.46. The molecule has 7 heteroatoms. The Hall–Kier alpha value is -2.80. The Morgan fingerprint density at radius 2 is 1.76 bits per heavy atom. The summed E-state index contributed by atoms with van der Waals surface area (Å²) in [6, 6.07) is 11.8. The standard InChI is InChI=1S/C18H14FNO4S/c19-13-3-7-15(8-4-13)24-10-9-20-17(22)16(25-18(20)23)11-12-1-5-14(21)6-2-12/h1-8,11,21H,9-10H2/b16-11+. The molecular formula is C18H14FNO4S. The number of hydrogen-bond donors (Lipinski definition) is 1. The van der Waals surface area contributed by atoms with Crippen molar-refractivity contribution in [3.63, 3.8) is 0 Å². The number of thioether (sulfide) groups is 1. The number of nitrogens with zero attached hydrogens (tertiary/aromatic N) is 1. The van der Waals surface area contributed by atoms with Gasteiger partial charge < -0.3 is 9.84 Å². The number of imide groups is 1. The van der Waals surface area contributed by atoms with Gasteiger partial charge in [-0.1, -0.05) is 12.1 Å². The lowest BCUT2D eigenvalue weighted by atomic mass is 10.2. The number of halogens is 1. The van der Waals surface area contributed by atoms with Crippen LogP contribution in [0.2, 0.25) is 0 Å². The zero-order valence-corrected chi connectivity index (χ0v) is 13.8. The molecule has 0 radical (unpaired) electrons. The van der Waals surface area contributed by atoms with E-state index >= 15 is 0 Å². The monoisotopic (exact) mass is 359 g/mol. The van der Waals surface area contributed by atoms with Gasteiger partial charge in [0.1, 0.15) is 23.9 Å². The van der Waals surface area contributed by atoms with Crippen LogP contribution in [0.25, 0.3) is 6.08 Å². The van der Waals surface area contributed by atoms with Crippen LogP contribution in [-0.2, 0) is 4.79 Å². The number of hydrogen-bond acceptors (Lipinski definition) is 5. The van der Waals surface area contributed by atoms with Gasteiger partial charge in [-0.25, -0.2) is 4.39 Å². The maximum atomic E-state index is 12.8. The van der Waals surface area contributed by atoms with E-state index < -0.39 is 0 Å². The van der Waals surface area contributed by atoms with Crippen LogP contribution < -0.4 is 4.74 Å². The van der Waals surface area contributed by atoms with Crippen LogP contribution in [0.15, 0.2) is 53.4 Å². The minimum absolute atomic E-state index is 0.106. The Bertz CT molecular complexity index is 818. The Labute approximate surface area is 147 Å². The summed E-state index contributed by atoms with van der Waals surface area (Å²) in [6.45, 7) is 0.227. The topological polar surface area (TPSA) is 66.8 Å². The highest BCUT2D eigenvalue weighted by atomic mass is 32.2. The first-order valence-electron chi connectivity index (χ1n) is 7.46. The van der Waals surface area contributed by atoms with Crippen LogP contribution in [0.5, 0.6) is 11.5 Å². The maximum Gasteiger partial charge on any atom is 0.293 e. The fourth-order valence-electron chi connectivity index (χ4n) is 2.20. The van der Waals surface area contributed by atoms with Crippen LogP contribution in [0.4, 0.5) is 9.18 Å². The molecule has 128 valence electrons. The fraction of sp³-hybridized carbons (Fsp3) is 0.111. The largest absolute Gasteiger partial charge is 0.508 e. The first-order chi connectivity index (χ1) is 12.0. The van der Waals surface area contributed by atoms with E-state index in [0.717, 1.165) is 16.7 Å². The van der Waals surface area contributed by atoms with Gasteiger partial charge >= 0.3 is 0 Å². The molecule has 1 aliphatic heterocycles. The predicted molar refractivity (Wildman–Crippen MR) is 92.7 cm³/mol. The lowest BCUT2D eigenvalue weighted by Gasteiger charge is -2.13. The average Bonchev–Trinajstić information content (AvgIpc) is 2.86. The van der Waals surface area contributed by atoms with Crippen molar-refractivity contribution in [2.75, 3.05) is 13.2 Å². The second-order valence-corrected chi connectivity index (χ2v) is 6.22. The van der Waals surface area contributed by atoms with E-state index in [0.29, 0.717) is 16.2 Å². The van der Waals surface area contributed by atoms with E-state index in [4.69, 9.17) is 4.74 Å². The lowest BCUT2D eigenvalue weighted by molar-refractivity contribution is -0.123. The number of rotatable bonds is 5. The van der Waals surface area contributed by atoms with Crippen molar-refractivity contribution in [3.8, 4) is 11.5 Å². The van der Waals surface area contributed by atoms with Crippen LogP contribution in [-0.4, -0.2) is 34.3 Å². The highest BCUT2D eigenvalue weighted by Crippen LogP contribution is 2.32. The summed E-state index contributed by atoms with van der Waals surface area (Å²) in [5.74, 6) is -0.153. The van der Waals surface area contributed by atoms with Crippen molar-refractivity contribution in [1.82, 2.24) is 4.90 Å². The third kappa shape index (κ3) is 4.19. The molecule has 2 aromatic carbocycles. The van der Waals surface area contributed by atoms with E-state index in [1.54, 1.807) is 18.2 Å². The van der Waals surface area contributed by atoms with Crippen molar-refractivity contribution in [1.29, 1.82) is 0 Å². The quantitative estimate of drug-likeness (QED) is 0.826. The van der Waals surface area contributed by atoms with E-state index in [1.165, 1.54) is 36.4 Å². The van der Waals surface area contributed by atoms with Gasteiger partial charge in [-0.05, 0) is 59.8 Å². The first-order valence-corrected chi connectivity index (χ1v) is 8.27. The molecule has 0 unspecified atom stereocenters. The number of amides is 2. The van der Waals surface area contributed by atoms with Crippen molar-refractivity contribution >= 4 is 29.0 Å². The molecule has 1 N–H and O–H groups in total. The molecular weight excluding hydrogens is 345 g/mol. The van der Waals surface area contributed by atoms with Gasteiger partial charge in [0.25, 0.3) is 11.1 Å². The SMILES string of the molecule is O=C1S/C(=C/c2ccc(O)cc2)C(=O)N1CCOc1ccc(F)cc1. The van der Waals surface area contributed by atoms with Crippen molar-refractivity contribution in [3.05, 3.63) is 64.8 Å². The zero-order valence-electron chi connectivity index (χ0n) is 13.0. The molecule has 2 amide bonds. The summed E-state index contributed by atoms with van der Waals surface area (Å²) < 4.78 is 18.2. The molecule has 1 fully saturated rings. The molecule has 0 aromatic heterocycles. The molecule has 1 saturated heterocycles. The molecule has 0 spiro atoms. The fourth-order valence-corrected chi connectivity index (χ4v) is 3.07. The van der Waals surface area contributed by atoms with Gasteiger partial charge in [0, 0.05) is 0 Å². The van der Waals surface area contributed by atoms with E-state index in [1.807, 2.05) is 0 Å². The molecule has 5 nitrogen and oxygen atoms in total. The summed E-state index contributed by atoms with van der Waals surface area (Å²) in [5.41, 5.74) is 0.714. The zero-order chi connectivity index (χ0) is 17.8. The predicted octanol–water partition coefficient (Wildman–Crippen LogP) is 3.65. The molecule has 0 saturated carbocycles. The molecule has 25 heavy (non-hydrogen) atoms. The normalized spacial score (nSPS) is 15.9. The summed E-state index contributed by atoms with van der Waals surface area (Å²) in [6.07, 6.45) is 1.60. The molecule has 1 aliphatic rings. The lowest BCUT2D eigenvalue weighted by Crippen LogP contribution is -2.32. The van der Waals surface area contributed by atoms with Crippen molar-refractivity contribution < 1.29 is 23.8 Å². The number of phenolic OH excluding ortho intramolecular Hbond substituents is 1. The molecule has 1 heterocycles. The minimum Gasteiger partial charge on any atom is -0.508 e. The second-order valence-electron chi connectivity index (χ2n) is 5.23. The summed E-state index contributed by atoms with van der Waals surface area (Å²) in [4.78, 5) is 25.8. The number of phenols is 1. The average molecular weight is 359 g/mol. The first kappa shape index (κ1) is 17.0. The van der Waals surface area contributed by atoms with E-state index in [-0.39, 0.29) is 35.9 Å². The number of aromatic hydroxyl groups is 1. The van der Waals surface area contributed by atoms with Gasteiger partial charge in [0.15, 0.2) is 0 Å². The maximum absolute atomic E-state index is 12.8. The smallest absolute Gasteiger partial charge is 0.293 e. The third-order valence-corrected chi connectivity index (χ3v) is 4.37. The number of benzene rings is 2. The molecule has 0 bridgehead atoms. The Morgan fingerprint density at radius 3 is 2.44 bits per heavy atom. The molecule has 0 aliphatic carbocycles. The van der Waals surface area contributed by atoms with E-state index in [9.17, 15) is 19.1 Å². The van der Waals surface area contributed by atoms with Crippen molar-refractivity contribution in [2.24, 2.45) is 0 Å². The van der Waals surface area contributed by atoms with Crippen LogP contribution in [0, 0.1) is 5.82 Å². The van der Waals surface area contributed by atoms with Gasteiger partial charge in [-0.3, -0.25) is 14.5 Å². The van der Waals surface area contributed by atoms with Gasteiger partial charge in [-0.15, -0.1) is 0 Å². The van der Waals surface area contributed by atoms with Crippen molar-refractivity contribution in [2.45, 2.75) is 0 Å². The highest BCUT2D eigenvalue weighted by Gasteiger charge is 2.34.